The highest BCUT2D eigenvalue weighted by Crippen LogP contribution is 2.50. The van der Waals surface area contributed by atoms with Gasteiger partial charge in [-0.15, -0.1) is 24.0 Å². The molecule has 1 fully saturated rings. The molecule has 1 aliphatic rings. The Morgan fingerprint density at radius 2 is 1.88 bits per heavy atom. The molecular weight excluding hydrogens is 437 g/mol. The molecule has 4 nitrogen and oxygen atoms in total. The first-order chi connectivity index (χ1) is 11.1. The predicted octanol–water partition coefficient (Wildman–Crippen LogP) is 4.43. The first kappa shape index (κ1) is 18.9. The fourth-order valence-corrected chi connectivity index (χ4v) is 2.99. The summed E-state index contributed by atoms with van der Waals surface area (Å²) < 4.78 is 5.13. The Labute approximate surface area is 164 Å². The number of aliphatic imine (C=N–C) groups is 1. The second kappa shape index (κ2) is 8.07. The second-order valence-corrected chi connectivity index (χ2v) is 6.22. The summed E-state index contributed by atoms with van der Waals surface area (Å²) in [6.07, 6.45) is 2.19. The molecule has 0 aliphatic heterocycles. The van der Waals surface area contributed by atoms with Crippen molar-refractivity contribution in [1.82, 2.24) is 0 Å². The third-order valence-electron chi connectivity index (χ3n) is 4.21. The van der Waals surface area contributed by atoms with Crippen molar-refractivity contribution in [2.45, 2.75) is 18.3 Å². The van der Waals surface area contributed by atoms with Gasteiger partial charge >= 0.3 is 0 Å². The van der Waals surface area contributed by atoms with Crippen LogP contribution >= 0.6 is 35.6 Å². The number of ether oxygens (including phenoxy) is 1. The molecule has 0 amide bonds. The van der Waals surface area contributed by atoms with E-state index in [-0.39, 0.29) is 29.4 Å². The number of halogens is 2. The molecule has 24 heavy (non-hydrogen) atoms. The first-order valence-corrected chi connectivity index (χ1v) is 7.97. The van der Waals surface area contributed by atoms with Gasteiger partial charge in [0.1, 0.15) is 5.75 Å². The number of benzene rings is 2. The average molecular weight is 458 g/mol. The van der Waals surface area contributed by atoms with E-state index in [9.17, 15) is 0 Å². The molecule has 6 heteroatoms. The Kier molecular flexibility index (Phi) is 6.34. The van der Waals surface area contributed by atoms with Crippen LogP contribution in [0.3, 0.4) is 0 Å². The third kappa shape index (κ3) is 4.33. The smallest absolute Gasteiger partial charge is 0.193 e. The topological polar surface area (TPSA) is 59.6 Å². The van der Waals surface area contributed by atoms with Gasteiger partial charge in [0.2, 0.25) is 0 Å². The Morgan fingerprint density at radius 1 is 1.21 bits per heavy atom. The standard InChI is InChI=1S/C18H20ClN3O.HI/c1-23-14-8-6-13(7-9-14)22-17(20)21-12-18(10-11-18)15-4-2-3-5-16(15)19;/h2-9H,10-12H2,1H3,(H3,20,21,22);1H. The highest BCUT2D eigenvalue weighted by atomic mass is 127. The largest absolute Gasteiger partial charge is 0.497 e. The number of nitrogens with one attached hydrogen (secondary N) is 1. The van der Waals surface area contributed by atoms with Crippen LogP contribution in [0, 0.1) is 0 Å². The maximum Gasteiger partial charge on any atom is 0.193 e. The maximum atomic E-state index is 6.32. The van der Waals surface area contributed by atoms with Crippen LogP contribution in [0.1, 0.15) is 18.4 Å². The Morgan fingerprint density at radius 3 is 2.46 bits per heavy atom. The van der Waals surface area contributed by atoms with E-state index in [2.05, 4.69) is 16.4 Å². The fraction of sp³-hybridized carbons (Fsp3) is 0.278. The zero-order chi connectivity index (χ0) is 16.3. The molecule has 0 aromatic heterocycles. The Bertz CT molecular complexity index is 714. The van der Waals surface area contributed by atoms with Crippen molar-refractivity contribution in [3.05, 3.63) is 59.1 Å². The van der Waals surface area contributed by atoms with Gasteiger partial charge in [-0.3, -0.25) is 4.99 Å². The Hall–Kier alpha value is -1.47. The quantitative estimate of drug-likeness (QED) is 0.397. The zero-order valence-corrected chi connectivity index (χ0v) is 16.5. The summed E-state index contributed by atoms with van der Waals surface area (Å²) in [5.74, 6) is 1.22. The molecule has 0 bridgehead atoms. The van der Waals surface area contributed by atoms with Crippen LogP contribution in [0.5, 0.6) is 5.75 Å². The molecule has 0 unspecified atom stereocenters. The van der Waals surface area contributed by atoms with Crippen molar-refractivity contribution < 1.29 is 4.74 Å². The summed E-state index contributed by atoms with van der Waals surface area (Å²) in [6.45, 7) is 0.645. The number of methoxy groups -OCH3 is 1. The van der Waals surface area contributed by atoms with Crippen LogP contribution in [-0.2, 0) is 5.41 Å². The van der Waals surface area contributed by atoms with Gasteiger partial charge < -0.3 is 15.8 Å². The molecule has 0 atom stereocenters. The lowest BCUT2D eigenvalue weighted by molar-refractivity contribution is 0.415. The van der Waals surface area contributed by atoms with Gasteiger partial charge in [0.15, 0.2) is 5.96 Å². The predicted molar refractivity (Wildman–Crippen MR) is 111 cm³/mol. The van der Waals surface area contributed by atoms with E-state index in [0.29, 0.717) is 12.5 Å². The fourth-order valence-electron chi connectivity index (χ4n) is 2.65. The molecule has 3 rings (SSSR count). The van der Waals surface area contributed by atoms with Gasteiger partial charge in [0.05, 0.1) is 13.7 Å². The van der Waals surface area contributed by atoms with Crippen molar-refractivity contribution in [1.29, 1.82) is 0 Å². The van der Waals surface area contributed by atoms with E-state index in [1.807, 2.05) is 42.5 Å². The van der Waals surface area contributed by atoms with Crippen molar-refractivity contribution in [2.24, 2.45) is 10.7 Å². The van der Waals surface area contributed by atoms with Gasteiger partial charge in [-0.2, -0.15) is 0 Å². The SMILES string of the molecule is COc1ccc(NC(N)=NCC2(c3ccccc3Cl)CC2)cc1.I. The van der Waals surface area contributed by atoms with Crippen molar-refractivity contribution in [2.75, 3.05) is 19.0 Å². The van der Waals surface area contributed by atoms with Gasteiger partial charge in [0, 0.05) is 16.1 Å². The molecule has 2 aromatic rings. The lowest BCUT2D eigenvalue weighted by Crippen LogP contribution is -2.25. The van der Waals surface area contributed by atoms with Gasteiger partial charge in [-0.1, -0.05) is 29.8 Å². The number of rotatable bonds is 5. The van der Waals surface area contributed by atoms with Gasteiger partial charge in [0.25, 0.3) is 0 Å². The van der Waals surface area contributed by atoms with Crippen LogP contribution in [0.2, 0.25) is 5.02 Å². The van der Waals surface area contributed by atoms with Crippen LogP contribution in [0.15, 0.2) is 53.5 Å². The summed E-state index contributed by atoms with van der Waals surface area (Å²) >= 11 is 6.32. The van der Waals surface area contributed by atoms with E-state index in [1.165, 1.54) is 5.56 Å². The second-order valence-electron chi connectivity index (χ2n) is 5.82. The van der Waals surface area contributed by atoms with Crippen LogP contribution < -0.4 is 15.8 Å². The van der Waals surface area contributed by atoms with E-state index in [4.69, 9.17) is 22.1 Å². The lowest BCUT2D eigenvalue weighted by Gasteiger charge is -2.15. The molecule has 1 aliphatic carbocycles. The minimum absolute atomic E-state index is 0. The van der Waals surface area contributed by atoms with Crippen LogP contribution in [0.4, 0.5) is 5.69 Å². The summed E-state index contributed by atoms with van der Waals surface area (Å²) in [6, 6.07) is 15.5. The molecule has 128 valence electrons. The zero-order valence-electron chi connectivity index (χ0n) is 13.5. The molecule has 2 aromatic carbocycles. The molecule has 0 radical (unpaired) electrons. The molecule has 3 N–H and O–H groups in total. The third-order valence-corrected chi connectivity index (χ3v) is 4.54. The number of nitrogens with two attached hydrogens (primary N) is 1. The number of anilines is 1. The number of guanidine groups is 1. The molecule has 0 heterocycles. The Balaban J connectivity index is 0.00000208. The van der Waals surface area contributed by atoms with Crippen molar-refractivity contribution >= 4 is 47.2 Å². The number of hydrogen-bond donors (Lipinski definition) is 2. The summed E-state index contributed by atoms with van der Waals surface area (Å²) in [5.41, 5.74) is 8.10. The van der Waals surface area contributed by atoms with E-state index < -0.39 is 0 Å². The first-order valence-electron chi connectivity index (χ1n) is 7.59. The van der Waals surface area contributed by atoms with Crippen molar-refractivity contribution in [3.8, 4) is 5.75 Å². The number of hydrogen-bond acceptors (Lipinski definition) is 2. The minimum Gasteiger partial charge on any atom is -0.497 e. The molecule has 0 saturated heterocycles. The van der Waals surface area contributed by atoms with Gasteiger partial charge in [-0.25, -0.2) is 0 Å². The number of nitrogens with zero attached hydrogens (tertiary/aromatic N) is 1. The minimum atomic E-state index is 0. The van der Waals surface area contributed by atoms with Gasteiger partial charge in [-0.05, 0) is 48.7 Å². The lowest BCUT2D eigenvalue weighted by atomic mass is 9.96. The maximum absolute atomic E-state index is 6.32. The molecule has 1 saturated carbocycles. The monoisotopic (exact) mass is 457 g/mol. The summed E-state index contributed by atoms with van der Waals surface area (Å²) in [4.78, 5) is 4.51. The van der Waals surface area contributed by atoms with E-state index in [0.717, 1.165) is 29.3 Å². The average Bonchev–Trinajstić information content (AvgIpc) is 3.35. The van der Waals surface area contributed by atoms with E-state index in [1.54, 1.807) is 7.11 Å². The highest BCUT2D eigenvalue weighted by molar-refractivity contribution is 14.0. The van der Waals surface area contributed by atoms with Crippen LogP contribution in [-0.4, -0.2) is 19.6 Å². The highest BCUT2D eigenvalue weighted by Gasteiger charge is 2.45. The van der Waals surface area contributed by atoms with E-state index >= 15 is 0 Å². The molecule has 0 spiro atoms. The molecular formula is C18H21ClIN3O. The normalized spacial score (nSPS) is 15.3. The summed E-state index contributed by atoms with van der Waals surface area (Å²) in [7, 11) is 1.64. The van der Waals surface area contributed by atoms with Crippen molar-refractivity contribution in [3.63, 3.8) is 0 Å². The summed E-state index contributed by atoms with van der Waals surface area (Å²) in [5, 5.41) is 3.91. The van der Waals surface area contributed by atoms with Crippen LogP contribution in [0.25, 0.3) is 0 Å².